The van der Waals surface area contributed by atoms with E-state index in [-0.39, 0.29) is 12.2 Å². The molecule has 1 saturated heterocycles. The molecule has 0 aromatic heterocycles. The lowest BCUT2D eigenvalue weighted by molar-refractivity contribution is -0.0881. The van der Waals surface area contributed by atoms with Crippen molar-refractivity contribution in [3.63, 3.8) is 0 Å². The second kappa shape index (κ2) is 5.99. The van der Waals surface area contributed by atoms with E-state index >= 15 is 0 Å². The smallest absolute Gasteiger partial charge is 0.0810 e. The van der Waals surface area contributed by atoms with Crippen LogP contribution < -0.4 is 0 Å². The van der Waals surface area contributed by atoms with Crippen molar-refractivity contribution in [2.75, 3.05) is 13.2 Å². The number of hydrogen-bond acceptors (Lipinski definition) is 3. The summed E-state index contributed by atoms with van der Waals surface area (Å²) in [5, 5.41) is 9.26. The van der Waals surface area contributed by atoms with Crippen molar-refractivity contribution in [1.82, 2.24) is 0 Å². The molecule has 1 fully saturated rings. The molecule has 1 aromatic carbocycles. The highest BCUT2D eigenvalue weighted by atomic mass is 16.5. The molecule has 0 radical (unpaired) electrons. The van der Waals surface area contributed by atoms with E-state index in [1.807, 2.05) is 30.3 Å². The Morgan fingerprint density at radius 1 is 1.25 bits per heavy atom. The lowest BCUT2D eigenvalue weighted by Gasteiger charge is -2.25. The van der Waals surface area contributed by atoms with E-state index in [0.29, 0.717) is 19.8 Å². The number of ether oxygens (including phenoxy) is 2. The molecule has 16 heavy (non-hydrogen) atoms. The third kappa shape index (κ3) is 3.59. The first-order valence-electron chi connectivity index (χ1n) is 5.76. The standard InChI is InChI=1S/C13H18O3/c14-12-6-7-13(16-9-12)10-15-8-11-4-2-1-3-5-11/h1-5,12-14H,6-10H2/t12-,13+/m0/s1. The Balaban J connectivity index is 1.65. The molecule has 0 aliphatic carbocycles. The molecule has 2 atom stereocenters. The number of aliphatic hydroxyl groups is 1. The summed E-state index contributed by atoms with van der Waals surface area (Å²) < 4.78 is 11.0. The van der Waals surface area contributed by atoms with E-state index in [2.05, 4.69) is 0 Å². The van der Waals surface area contributed by atoms with Crippen LogP contribution in [0.3, 0.4) is 0 Å². The number of benzene rings is 1. The first-order chi connectivity index (χ1) is 7.84. The Hall–Kier alpha value is -0.900. The molecule has 0 unspecified atom stereocenters. The summed E-state index contributed by atoms with van der Waals surface area (Å²) in [6, 6.07) is 10.1. The highest BCUT2D eigenvalue weighted by Crippen LogP contribution is 2.14. The molecule has 88 valence electrons. The largest absolute Gasteiger partial charge is 0.391 e. The van der Waals surface area contributed by atoms with Crippen LogP contribution in [0.4, 0.5) is 0 Å². The highest BCUT2D eigenvalue weighted by molar-refractivity contribution is 5.13. The summed E-state index contributed by atoms with van der Waals surface area (Å²) >= 11 is 0. The van der Waals surface area contributed by atoms with Crippen LogP contribution in [0.2, 0.25) is 0 Å². The Kier molecular flexibility index (Phi) is 4.34. The quantitative estimate of drug-likeness (QED) is 0.843. The van der Waals surface area contributed by atoms with Gasteiger partial charge in [0.2, 0.25) is 0 Å². The van der Waals surface area contributed by atoms with Crippen LogP contribution in [0.1, 0.15) is 18.4 Å². The van der Waals surface area contributed by atoms with Crippen molar-refractivity contribution in [3.05, 3.63) is 35.9 Å². The zero-order chi connectivity index (χ0) is 11.2. The third-order valence-electron chi connectivity index (χ3n) is 2.76. The van der Waals surface area contributed by atoms with Crippen LogP contribution in [0.15, 0.2) is 30.3 Å². The molecule has 1 aromatic rings. The van der Waals surface area contributed by atoms with Gasteiger partial charge >= 0.3 is 0 Å². The maximum absolute atomic E-state index is 9.26. The maximum Gasteiger partial charge on any atom is 0.0810 e. The minimum absolute atomic E-state index is 0.145. The predicted molar refractivity (Wildman–Crippen MR) is 61.1 cm³/mol. The molecule has 0 amide bonds. The van der Waals surface area contributed by atoms with Crippen LogP contribution in [0.25, 0.3) is 0 Å². The second-order valence-corrected chi connectivity index (χ2v) is 4.19. The molecule has 0 bridgehead atoms. The Bertz CT molecular complexity index is 291. The number of aliphatic hydroxyl groups excluding tert-OH is 1. The zero-order valence-electron chi connectivity index (χ0n) is 9.34. The van der Waals surface area contributed by atoms with Crippen molar-refractivity contribution < 1.29 is 14.6 Å². The molecule has 1 N–H and O–H groups in total. The van der Waals surface area contributed by atoms with Gasteiger partial charge in [-0.1, -0.05) is 30.3 Å². The first kappa shape index (κ1) is 11.6. The summed E-state index contributed by atoms with van der Waals surface area (Å²) in [5.74, 6) is 0. The summed E-state index contributed by atoms with van der Waals surface area (Å²) in [6.07, 6.45) is 1.56. The number of hydrogen-bond donors (Lipinski definition) is 1. The molecule has 1 aliphatic heterocycles. The van der Waals surface area contributed by atoms with E-state index in [0.717, 1.165) is 12.8 Å². The number of rotatable bonds is 4. The monoisotopic (exact) mass is 222 g/mol. The van der Waals surface area contributed by atoms with Gasteiger partial charge in [0.05, 0.1) is 32.0 Å². The van der Waals surface area contributed by atoms with Crippen molar-refractivity contribution in [3.8, 4) is 0 Å². The van der Waals surface area contributed by atoms with Gasteiger partial charge < -0.3 is 14.6 Å². The molecule has 2 rings (SSSR count). The van der Waals surface area contributed by atoms with E-state index in [1.54, 1.807) is 0 Å². The fraction of sp³-hybridized carbons (Fsp3) is 0.538. The SMILES string of the molecule is O[C@H]1CC[C@H](COCc2ccccc2)OC1. The first-order valence-corrected chi connectivity index (χ1v) is 5.76. The van der Waals surface area contributed by atoms with Crippen LogP contribution in [-0.2, 0) is 16.1 Å². The van der Waals surface area contributed by atoms with Crippen molar-refractivity contribution in [2.45, 2.75) is 31.7 Å². The minimum Gasteiger partial charge on any atom is -0.391 e. The lowest BCUT2D eigenvalue weighted by Crippen LogP contribution is -2.32. The minimum atomic E-state index is -0.287. The van der Waals surface area contributed by atoms with Gasteiger partial charge in [-0.3, -0.25) is 0 Å². The van der Waals surface area contributed by atoms with E-state index < -0.39 is 0 Å². The molecular formula is C13H18O3. The predicted octanol–water partition coefficient (Wildman–Crippen LogP) is 1.74. The molecule has 0 spiro atoms. The zero-order valence-corrected chi connectivity index (χ0v) is 9.34. The second-order valence-electron chi connectivity index (χ2n) is 4.19. The van der Waals surface area contributed by atoms with E-state index in [4.69, 9.17) is 9.47 Å². The molecule has 3 nitrogen and oxygen atoms in total. The van der Waals surface area contributed by atoms with Gasteiger partial charge in [-0.05, 0) is 18.4 Å². The molecule has 1 heterocycles. The molecular weight excluding hydrogens is 204 g/mol. The average molecular weight is 222 g/mol. The molecule has 3 heteroatoms. The average Bonchev–Trinajstić information content (AvgIpc) is 2.33. The fourth-order valence-electron chi connectivity index (χ4n) is 1.81. The van der Waals surface area contributed by atoms with Crippen LogP contribution in [-0.4, -0.2) is 30.5 Å². The fourth-order valence-corrected chi connectivity index (χ4v) is 1.81. The van der Waals surface area contributed by atoms with Gasteiger partial charge in [0, 0.05) is 0 Å². The van der Waals surface area contributed by atoms with Crippen molar-refractivity contribution in [1.29, 1.82) is 0 Å². The van der Waals surface area contributed by atoms with E-state index in [9.17, 15) is 5.11 Å². The summed E-state index contributed by atoms with van der Waals surface area (Å²) in [7, 11) is 0. The maximum atomic E-state index is 9.26. The van der Waals surface area contributed by atoms with E-state index in [1.165, 1.54) is 5.56 Å². The summed E-state index contributed by atoms with van der Waals surface area (Å²) in [6.45, 7) is 1.68. The van der Waals surface area contributed by atoms with Gasteiger partial charge in [-0.15, -0.1) is 0 Å². The van der Waals surface area contributed by atoms with Gasteiger partial charge in [0.1, 0.15) is 0 Å². The van der Waals surface area contributed by atoms with Crippen molar-refractivity contribution in [2.24, 2.45) is 0 Å². The third-order valence-corrected chi connectivity index (χ3v) is 2.76. The van der Waals surface area contributed by atoms with Gasteiger partial charge in [-0.2, -0.15) is 0 Å². The van der Waals surface area contributed by atoms with Gasteiger partial charge in [0.25, 0.3) is 0 Å². The van der Waals surface area contributed by atoms with Crippen molar-refractivity contribution >= 4 is 0 Å². The normalized spacial score (nSPS) is 25.6. The summed E-state index contributed by atoms with van der Waals surface area (Å²) in [5.41, 5.74) is 1.18. The molecule has 0 saturated carbocycles. The van der Waals surface area contributed by atoms with Gasteiger partial charge in [-0.25, -0.2) is 0 Å². The Morgan fingerprint density at radius 2 is 2.06 bits per heavy atom. The lowest BCUT2D eigenvalue weighted by atomic mass is 10.1. The highest BCUT2D eigenvalue weighted by Gasteiger charge is 2.19. The Morgan fingerprint density at radius 3 is 2.75 bits per heavy atom. The topological polar surface area (TPSA) is 38.7 Å². The Labute approximate surface area is 96.0 Å². The van der Waals surface area contributed by atoms with Crippen LogP contribution in [0.5, 0.6) is 0 Å². The van der Waals surface area contributed by atoms with Crippen LogP contribution in [0, 0.1) is 0 Å². The van der Waals surface area contributed by atoms with Gasteiger partial charge in [0.15, 0.2) is 0 Å². The summed E-state index contributed by atoms with van der Waals surface area (Å²) in [4.78, 5) is 0. The molecule has 1 aliphatic rings. The van der Waals surface area contributed by atoms with Crippen LogP contribution >= 0.6 is 0 Å².